The molecule has 2 N–H and O–H groups in total. The lowest BCUT2D eigenvalue weighted by Gasteiger charge is -2.37. The molecule has 2 aromatic heterocycles. The molecule has 0 saturated carbocycles. The first-order chi connectivity index (χ1) is 21.9. The van der Waals surface area contributed by atoms with Crippen LogP contribution in [0.3, 0.4) is 0 Å². The molecule has 45 heavy (non-hydrogen) atoms. The number of hydrogen-bond acceptors (Lipinski definition) is 9. The number of aromatic amines is 2. The molecule has 3 aromatic carbocycles. The molecule has 2 saturated heterocycles. The Morgan fingerprint density at radius 3 is 2.29 bits per heavy atom. The number of benzene rings is 3. The van der Waals surface area contributed by atoms with Gasteiger partial charge in [-0.15, -0.1) is 0 Å². The van der Waals surface area contributed by atoms with Crippen LogP contribution >= 0.6 is 23.2 Å². The highest BCUT2D eigenvalue weighted by Crippen LogP contribution is 2.40. The van der Waals surface area contributed by atoms with E-state index in [2.05, 4.69) is 59.3 Å². The number of hydrogen-bond donors (Lipinski definition) is 2. The molecule has 12 nitrogen and oxygen atoms in total. The van der Waals surface area contributed by atoms with Gasteiger partial charge >= 0.3 is 5.69 Å². The normalized spacial score (nSPS) is 20.1. The third-order valence-electron chi connectivity index (χ3n) is 7.96. The van der Waals surface area contributed by atoms with Crippen LogP contribution in [0.4, 0.5) is 11.4 Å². The Bertz CT molecular complexity index is 1790. The van der Waals surface area contributed by atoms with E-state index in [4.69, 9.17) is 37.4 Å². The Labute approximate surface area is 268 Å². The van der Waals surface area contributed by atoms with Gasteiger partial charge in [-0.3, -0.25) is 4.98 Å². The fourth-order valence-corrected chi connectivity index (χ4v) is 6.24. The minimum absolute atomic E-state index is 0.269. The third kappa shape index (κ3) is 6.40. The highest BCUT2D eigenvalue weighted by atomic mass is 35.5. The molecule has 7 rings (SSSR count). The zero-order valence-corrected chi connectivity index (χ0v) is 25.6. The van der Waals surface area contributed by atoms with Crippen LogP contribution in [-0.2, 0) is 21.8 Å². The first kappa shape index (κ1) is 29.4. The van der Waals surface area contributed by atoms with Crippen LogP contribution < -0.4 is 20.2 Å². The van der Waals surface area contributed by atoms with Crippen molar-refractivity contribution in [3.63, 3.8) is 0 Å². The molecule has 0 unspecified atom stereocenters. The average Bonchev–Trinajstić information content (AvgIpc) is 3.83. The number of aromatic nitrogens is 6. The third-order valence-corrected chi connectivity index (χ3v) is 8.51. The van der Waals surface area contributed by atoms with Gasteiger partial charge in [-0.2, -0.15) is 10.2 Å². The van der Waals surface area contributed by atoms with Gasteiger partial charge in [0.25, 0.3) is 0 Å². The molecule has 0 bridgehead atoms. The van der Waals surface area contributed by atoms with Gasteiger partial charge < -0.3 is 24.0 Å². The van der Waals surface area contributed by atoms with Crippen LogP contribution in [0.15, 0.2) is 84.2 Å². The monoisotopic (exact) mass is 648 g/mol. The van der Waals surface area contributed by atoms with Gasteiger partial charge in [-0.1, -0.05) is 29.3 Å². The predicted molar refractivity (Wildman–Crippen MR) is 170 cm³/mol. The maximum absolute atomic E-state index is 11.3. The molecular weight excluding hydrogens is 619 g/mol. The Kier molecular flexibility index (Phi) is 8.19. The van der Waals surface area contributed by atoms with Crippen molar-refractivity contribution in [2.24, 2.45) is 0 Å². The SMILES string of the molecule is O=c1[nH]nc(-c2ccc(N3CCN(c4ccc(OC[C@H]5CO[C@](Cn6cncn6)(c6ccc(Cl)cc6Cl)O5)cc4)CC3)cc2)[nH]1. The number of H-pyrrole nitrogens is 2. The summed E-state index contributed by atoms with van der Waals surface area (Å²) >= 11 is 12.7. The zero-order chi connectivity index (χ0) is 30.8. The van der Waals surface area contributed by atoms with Crippen LogP contribution in [0, 0.1) is 0 Å². The van der Waals surface area contributed by atoms with E-state index < -0.39 is 5.79 Å². The molecule has 0 radical (unpaired) electrons. The van der Waals surface area contributed by atoms with E-state index in [1.807, 2.05) is 30.3 Å². The molecule has 0 amide bonds. The Morgan fingerprint density at radius 2 is 1.67 bits per heavy atom. The number of ether oxygens (including phenoxy) is 3. The first-order valence-corrected chi connectivity index (χ1v) is 15.3. The van der Waals surface area contributed by atoms with E-state index in [0.29, 0.717) is 34.6 Å². The van der Waals surface area contributed by atoms with E-state index in [1.165, 1.54) is 6.33 Å². The molecule has 232 valence electrons. The van der Waals surface area contributed by atoms with Crippen molar-refractivity contribution in [1.82, 2.24) is 29.9 Å². The lowest BCUT2D eigenvalue weighted by molar-refractivity contribution is -0.190. The quantitative estimate of drug-likeness (QED) is 0.240. The number of anilines is 2. The highest BCUT2D eigenvalue weighted by molar-refractivity contribution is 6.35. The molecule has 5 aromatic rings. The zero-order valence-electron chi connectivity index (χ0n) is 24.1. The number of rotatable bonds is 9. The molecule has 2 aliphatic rings. The Morgan fingerprint density at radius 1 is 0.956 bits per heavy atom. The van der Waals surface area contributed by atoms with E-state index in [9.17, 15) is 4.79 Å². The van der Waals surface area contributed by atoms with E-state index in [1.54, 1.807) is 23.1 Å². The molecular formula is C31H30Cl2N8O4. The van der Waals surface area contributed by atoms with Gasteiger partial charge in [0.2, 0.25) is 5.79 Å². The molecule has 2 atom stereocenters. The second-order valence-corrected chi connectivity index (χ2v) is 11.7. The summed E-state index contributed by atoms with van der Waals surface area (Å²) < 4.78 is 20.5. The van der Waals surface area contributed by atoms with Crippen LogP contribution in [0.5, 0.6) is 5.75 Å². The summed E-state index contributed by atoms with van der Waals surface area (Å²) in [6.45, 7) is 4.46. The summed E-state index contributed by atoms with van der Waals surface area (Å²) in [5.74, 6) is 0.127. The average molecular weight is 650 g/mol. The fourth-order valence-electron chi connectivity index (χ4n) is 5.68. The summed E-state index contributed by atoms with van der Waals surface area (Å²) in [5, 5.41) is 11.6. The van der Waals surface area contributed by atoms with Gasteiger partial charge in [-0.05, 0) is 60.7 Å². The summed E-state index contributed by atoms with van der Waals surface area (Å²) in [7, 11) is 0. The van der Waals surface area contributed by atoms with E-state index in [-0.39, 0.29) is 18.3 Å². The summed E-state index contributed by atoms with van der Waals surface area (Å²) in [4.78, 5) is 22.8. The number of piperazine rings is 1. The fraction of sp³-hybridized carbons (Fsp3) is 0.290. The van der Waals surface area contributed by atoms with Crippen LogP contribution in [0.2, 0.25) is 10.0 Å². The molecule has 14 heteroatoms. The van der Waals surface area contributed by atoms with Gasteiger partial charge in [0.05, 0.1) is 11.6 Å². The predicted octanol–water partition coefficient (Wildman–Crippen LogP) is 4.34. The maximum Gasteiger partial charge on any atom is 0.340 e. The molecule has 0 spiro atoms. The number of nitrogens with one attached hydrogen (secondary N) is 2. The van der Waals surface area contributed by atoms with E-state index in [0.717, 1.165) is 48.9 Å². The summed E-state index contributed by atoms with van der Waals surface area (Å²) in [5.41, 5.74) is 3.50. The lowest BCUT2D eigenvalue weighted by atomic mass is 10.1. The van der Waals surface area contributed by atoms with Crippen molar-refractivity contribution in [1.29, 1.82) is 0 Å². The van der Waals surface area contributed by atoms with Crippen molar-refractivity contribution in [3.8, 4) is 17.1 Å². The van der Waals surface area contributed by atoms with Gasteiger partial charge in [-0.25, -0.2) is 19.6 Å². The minimum Gasteiger partial charge on any atom is -0.491 e. The maximum atomic E-state index is 11.3. The molecule has 0 aliphatic carbocycles. The lowest BCUT2D eigenvalue weighted by Crippen LogP contribution is -2.46. The molecule has 2 fully saturated rings. The number of halogens is 2. The van der Waals surface area contributed by atoms with Crippen molar-refractivity contribution < 1.29 is 14.2 Å². The largest absolute Gasteiger partial charge is 0.491 e. The van der Waals surface area contributed by atoms with E-state index >= 15 is 0 Å². The molecule has 2 aliphatic heterocycles. The second-order valence-electron chi connectivity index (χ2n) is 10.9. The van der Waals surface area contributed by atoms with Crippen LogP contribution in [0.1, 0.15) is 5.56 Å². The van der Waals surface area contributed by atoms with Gasteiger partial charge in [0.1, 0.15) is 37.7 Å². The van der Waals surface area contributed by atoms with Crippen molar-refractivity contribution in [3.05, 3.63) is 105 Å². The summed E-state index contributed by atoms with van der Waals surface area (Å²) in [6.07, 6.45) is 2.74. The van der Waals surface area contributed by atoms with Gasteiger partial charge in [0.15, 0.2) is 5.82 Å². The highest BCUT2D eigenvalue weighted by Gasteiger charge is 2.45. The smallest absolute Gasteiger partial charge is 0.340 e. The topological polar surface area (TPSA) is 126 Å². The van der Waals surface area contributed by atoms with Gasteiger partial charge in [0, 0.05) is 53.7 Å². The Balaban J connectivity index is 0.934. The Hall–Kier alpha value is -4.36. The number of nitrogens with zero attached hydrogens (tertiary/aromatic N) is 6. The second kappa shape index (κ2) is 12.6. The van der Waals surface area contributed by atoms with Crippen LogP contribution in [-0.4, -0.2) is 75.4 Å². The van der Waals surface area contributed by atoms with Crippen molar-refractivity contribution >= 4 is 34.6 Å². The van der Waals surface area contributed by atoms with Crippen LogP contribution in [0.25, 0.3) is 11.4 Å². The van der Waals surface area contributed by atoms with Crippen molar-refractivity contribution in [2.45, 2.75) is 18.4 Å². The first-order valence-electron chi connectivity index (χ1n) is 14.5. The summed E-state index contributed by atoms with van der Waals surface area (Å²) in [6, 6.07) is 21.4. The molecule has 4 heterocycles. The van der Waals surface area contributed by atoms with Crippen molar-refractivity contribution in [2.75, 3.05) is 49.2 Å². The minimum atomic E-state index is -1.16. The standard InChI is InChI=1S/C31H30Cl2N8O4/c32-22-3-10-27(28(33)15-22)31(18-41-20-34-19-35-41)44-17-26(45-31)16-43-25-8-6-24(7-9-25)40-13-11-39(12-14-40)23-4-1-21(2-5-23)29-36-30(42)38-37-29/h1-10,15,19-20,26H,11-14,16-18H2,(H2,36,37,38,42)/t26-,31-/m0/s1.